The predicted molar refractivity (Wildman–Crippen MR) is 117 cm³/mol. The number of piperidine rings is 1. The van der Waals surface area contributed by atoms with Gasteiger partial charge in [-0.15, -0.1) is 0 Å². The van der Waals surface area contributed by atoms with E-state index in [0.29, 0.717) is 18.4 Å². The van der Waals surface area contributed by atoms with Crippen LogP contribution in [0.25, 0.3) is 0 Å². The Balaban J connectivity index is 1.25. The molecule has 1 spiro atoms. The lowest BCUT2D eigenvalue weighted by atomic mass is 9.76. The summed E-state index contributed by atoms with van der Waals surface area (Å²) in [6, 6.07) is 10.4. The van der Waals surface area contributed by atoms with Crippen LogP contribution >= 0.6 is 0 Å². The van der Waals surface area contributed by atoms with Crippen molar-refractivity contribution in [3.8, 4) is 5.88 Å². The summed E-state index contributed by atoms with van der Waals surface area (Å²) in [5.74, 6) is 0.886. The summed E-state index contributed by atoms with van der Waals surface area (Å²) in [5, 5.41) is 0. The van der Waals surface area contributed by atoms with Crippen LogP contribution in [-0.4, -0.2) is 52.2 Å². The molecule has 6 nitrogen and oxygen atoms in total. The zero-order chi connectivity index (χ0) is 21.2. The number of amides is 1. The molecule has 1 aromatic carbocycles. The van der Waals surface area contributed by atoms with Crippen LogP contribution < -0.4 is 4.74 Å². The molecule has 2 aromatic rings. The molecule has 1 unspecified atom stereocenters. The second-order valence-electron chi connectivity index (χ2n) is 9.26. The Morgan fingerprint density at radius 3 is 2.55 bits per heavy atom. The minimum Gasteiger partial charge on any atom is -0.473 e. The van der Waals surface area contributed by atoms with Crippen LogP contribution in [0.1, 0.15) is 56.9 Å². The van der Waals surface area contributed by atoms with Crippen LogP contribution in [0.15, 0.2) is 48.9 Å². The van der Waals surface area contributed by atoms with E-state index in [2.05, 4.69) is 39.1 Å². The summed E-state index contributed by atoms with van der Waals surface area (Å²) in [5.41, 5.74) is 0.651. The van der Waals surface area contributed by atoms with Gasteiger partial charge in [-0.2, -0.15) is 0 Å². The first kappa shape index (κ1) is 20.4. The van der Waals surface area contributed by atoms with E-state index in [1.807, 2.05) is 6.07 Å². The lowest BCUT2D eigenvalue weighted by molar-refractivity contribution is -0.155. The Morgan fingerprint density at radius 2 is 1.84 bits per heavy atom. The minimum absolute atomic E-state index is 0.0817. The number of aromatic nitrogens is 2. The van der Waals surface area contributed by atoms with Crippen molar-refractivity contribution in [3.05, 3.63) is 54.5 Å². The summed E-state index contributed by atoms with van der Waals surface area (Å²) in [4.78, 5) is 24.2. The third kappa shape index (κ3) is 4.05. The smallest absolute Gasteiger partial charge is 0.233 e. The summed E-state index contributed by atoms with van der Waals surface area (Å²) in [6.07, 6.45) is 12.7. The predicted octanol–water partition coefficient (Wildman–Crippen LogP) is 3.91. The van der Waals surface area contributed by atoms with Crippen LogP contribution in [0.3, 0.4) is 0 Å². The third-order valence-corrected chi connectivity index (χ3v) is 7.43. The van der Waals surface area contributed by atoms with Gasteiger partial charge in [-0.3, -0.25) is 9.78 Å². The quantitative estimate of drug-likeness (QED) is 0.749. The standard InChI is InChI=1S/C25H31N3O3/c29-23(25(9-4-5-10-25)20-6-2-1-3-7-20)28-15-11-24(12-16-28)18-21(8-17-30-24)31-22-19-26-13-14-27-22/h1-3,6-7,13-14,19,21H,4-5,8-12,15-18H2. The lowest BCUT2D eigenvalue weighted by Gasteiger charge is -2.47. The summed E-state index contributed by atoms with van der Waals surface area (Å²) < 4.78 is 12.4. The second-order valence-corrected chi connectivity index (χ2v) is 9.26. The molecule has 3 aliphatic rings. The highest BCUT2D eigenvalue weighted by molar-refractivity contribution is 5.88. The van der Waals surface area contributed by atoms with E-state index in [0.717, 1.165) is 64.5 Å². The molecular formula is C25H31N3O3. The number of benzene rings is 1. The molecule has 3 fully saturated rings. The van der Waals surface area contributed by atoms with E-state index in [9.17, 15) is 4.79 Å². The number of carbonyl (C=O) groups is 1. The van der Waals surface area contributed by atoms with E-state index >= 15 is 0 Å². The highest BCUT2D eigenvalue weighted by atomic mass is 16.5. The SMILES string of the molecule is O=C(N1CCC2(CC1)CC(Oc1cnccn1)CCO2)C1(c2ccccc2)CCCC1. The number of carbonyl (C=O) groups excluding carboxylic acids is 1. The van der Waals surface area contributed by atoms with Crippen molar-refractivity contribution in [2.45, 2.75) is 68.5 Å². The first-order valence-corrected chi connectivity index (χ1v) is 11.6. The molecule has 3 heterocycles. The van der Waals surface area contributed by atoms with Crippen LogP contribution in [0, 0.1) is 0 Å². The van der Waals surface area contributed by atoms with Gasteiger partial charge in [0.05, 0.1) is 23.8 Å². The Hall–Kier alpha value is -2.47. The van der Waals surface area contributed by atoms with Crippen molar-refractivity contribution in [1.82, 2.24) is 14.9 Å². The number of hydrogen-bond donors (Lipinski definition) is 0. The van der Waals surface area contributed by atoms with E-state index in [-0.39, 0.29) is 17.1 Å². The number of nitrogens with zero attached hydrogens (tertiary/aromatic N) is 3. The Morgan fingerprint density at radius 1 is 1.06 bits per heavy atom. The topological polar surface area (TPSA) is 64.6 Å². The molecular weight excluding hydrogens is 390 g/mol. The van der Waals surface area contributed by atoms with Gasteiger partial charge in [0.2, 0.25) is 11.8 Å². The fourth-order valence-electron chi connectivity index (χ4n) is 5.73. The van der Waals surface area contributed by atoms with E-state index in [1.165, 1.54) is 5.56 Å². The van der Waals surface area contributed by atoms with Gasteiger partial charge < -0.3 is 14.4 Å². The van der Waals surface area contributed by atoms with Gasteiger partial charge in [-0.05, 0) is 31.2 Å². The summed E-state index contributed by atoms with van der Waals surface area (Å²) in [7, 11) is 0. The maximum Gasteiger partial charge on any atom is 0.233 e. The molecule has 0 N–H and O–H groups in total. The third-order valence-electron chi connectivity index (χ3n) is 7.43. The van der Waals surface area contributed by atoms with Crippen LogP contribution in [0.2, 0.25) is 0 Å². The van der Waals surface area contributed by atoms with Gasteiger partial charge >= 0.3 is 0 Å². The zero-order valence-electron chi connectivity index (χ0n) is 18.0. The lowest BCUT2D eigenvalue weighted by Crippen LogP contribution is -2.55. The molecule has 0 radical (unpaired) electrons. The number of rotatable bonds is 4. The van der Waals surface area contributed by atoms with Crippen molar-refractivity contribution >= 4 is 5.91 Å². The minimum atomic E-state index is -0.336. The van der Waals surface area contributed by atoms with Crippen molar-refractivity contribution in [2.75, 3.05) is 19.7 Å². The van der Waals surface area contributed by atoms with Crippen molar-refractivity contribution < 1.29 is 14.3 Å². The van der Waals surface area contributed by atoms with Crippen LogP contribution in [-0.2, 0) is 14.9 Å². The van der Waals surface area contributed by atoms with Crippen molar-refractivity contribution in [3.63, 3.8) is 0 Å². The van der Waals surface area contributed by atoms with E-state index in [4.69, 9.17) is 9.47 Å². The Labute approximate surface area is 184 Å². The zero-order valence-corrected chi connectivity index (χ0v) is 18.0. The fourth-order valence-corrected chi connectivity index (χ4v) is 5.73. The largest absolute Gasteiger partial charge is 0.473 e. The molecule has 5 rings (SSSR count). The second kappa shape index (κ2) is 8.58. The monoisotopic (exact) mass is 421 g/mol. The molecule has 6 heteroatoms. The van der Waals surface area contributed by atoms with Crippen molar-refractivity contribution in [1.29, 1.82) is 0 Å². The van der Waals surface area contributed by atoms with Gasteiger partial charge in [0, 0.05) is 38.3 Å². The first-order chi connectivity index (χ1) is 15.2. The normalized spacial score (nSPS) is 24.8. The number of hydrogen-bond acceptors (Lipinski definition) is 5. The molecule has 2 saturated heterocycles. The molecule has 31 heavy (non-hydrogen) atoms. The first-order valence-electron chi connectivity index (χ1n) is 11.6. The van der Waals surface area contributed by atoms with Crippen LogP contribution in [0.5, 0.6) is 5.88 Å². The summed E-state index contributed by atoms with van der Waals surface area (Å²) >= 11 is 0. The number of likely N-dealkylation sites (tertiary alicyclic amines) is 1. The average Bonchev–Trinajstić information content (AvgIpc) is 3.32. The molecule has 1 amide bonds. The molecule has 1 aliphatic carbocycles. The van der Waals surface area contributed by atoms with Gasteiger partial charge in [-0.25, -0.2) is 4.98 Å². The molecule has 0 bridgehead atoms. The van der Waals surface area contributed by atoms with Gasteiger partial charge in [0.25, 0.3) is 0 Å². The maximum atomic E-state index is 13.7. The Bertz CT molecular complexity index is 875. The van der Waals surface area contributed by atoms with Crippen molar-refractivity contribution in [2.24, 2.45) is 0 Å². The van der Waals surface area contributed by atoms with E-state index < -0.39 is 0 Å². The fraction of sp³-hybridized carbons (Fsp3) is 0.560. The van der Waals surface area contributed by atoms with Crippen LogP contribution in [0.4, 0.5) is 0 Å². The Kier molecular flexibility index (Phi) is 5.65. The average molecular weight is 422 g/mol. The number of ether oxygens (including phenoxy) is 2. The van der Waals surface area contributed by atoms with Gasteiger partial charge in [-0.1, -0.05) is 43.2 Å². The molecule has 164 valence electrons. The van der Waals surface area contributed by atoms with Gasteiger partial charge in [0.1, 0.15) is 6.10 Å². The highest BCUT2D eigenvalue weighted by Gasteiger charge is 2.48. The molecule has 1 aromatic heterocycles. The molecule has 1 saturated carbocycles. The maximum absolute atomic E-state index is 13.7. The van der Waals surface area contributed by atoms with E-state index in [1.54, 1.807) is 18.6 Å². The van der Waals surface area contributed by atoms with Gasteiger partial charge in [0.15, 0.2) is 0 Å². The highest BCUT2D eigenvalue weighted by Crippen LogP contribution is 2.44. The molecule has 2 aliphatic heterocycles. The summed E-state index contributed by atoms with van der Waals surface area (Å²) in [6.45, 7) is 2.20. The molecule has 1 atom stereocenters.